The van der Waals surface area contributed by atoms with Crippen LogP contribution in [0.15, 0.2) is 70.7 Å². The standard InChI is InChI=1S/C24H18N4O2S/c1-14-3-6-16(7-4-14)24-26-19(13-31-24)22-18-11-17(8-9-20(18)30-28-22)23(29)27-21-10-5-15(2)12-25-21/h3-13H,1-2H3,(H,25,27,29). The summed E-state index contributed by atoms with van der Waals surface area (Å²) in [5, 5.41) is 10.6. The van der Waals surface area contributed by atoms with Crippen molar-refractivity contribution in [1.29, 1.82) is 0 Å². The first-order valence-corrected chi connectivity index (χ1v) is 10.6. The zero-order valence-corrected chi connectivity index (χ0v) is 17.7. The summed E-state index contributed by atoms with van der Waals surface area (Å²) < 4.78 is 5.47. The van der Waals surface area contributed by atoms with Crippen LogP contribution in [0.2, 0.25) is 0 Å². The molecule has 0 spiro atoms. The minimum absolute atomic E-state index is 0.246. The Morgan fingerprint density at radius 3 is 2.58 bits per heavy atom. The molecule has 1 amide bonds. The zero-order chi connectivity index (χ0) is 21.4. The lowest BCUT2D eigenvalue weighted by Gasteiger charge is -2.04. The lowest BCUT2D eigenvalue weighted by atomic mass is 10.1. The van der Waals surface area contributed by atoms with Crippen molar-refractivity contribution in [1.82, 2.24) is 15.1 Å². The van der Waals surface area contributed by atoms with Crippen LogP contribution >= 0.6 is 11.3 Å². The summed E-state index contributed by atoms with van der Waals surface area (Å²) >= 11 is 1.55. The van der Waals surface area contributed by atoms with Crippen LogP contribution in [0.25, 0.3) is 32.9 Å². The smallest absolute Gasteiger partial charge is 0.256 e. The van der Waals surface area contributed by atoms with Crippen LogP contribution in [0.4, 0.5) is 5.82 Å². The summed E-state index contributed by atoms with van der Waals surface area (Å²) in [5.74, 6) is 0.257. The molecule has 0 saturated carbocycles. The second kappa shape index (κ2) is 7.77. The summed E-state index contributed by atoms with van der Waals surface area (Å²) in [6.45, 7) is 4.00. The summed E-state index contributed by atoms with van der Waals surface area (Å²) in [7, 11) is 0. The minimum Gasteiger partial charge on any atom is -0.356 e. The maximum absolute atomic E-state index is 12.7. The number of carbonyl (C=O) groups is 1. The summed E-state index contributed by atoms with van der Waals surface area (Å²) in [6.07, 6.45) is 1.71. The van der Waals surface area contributed by atoms with Gasteiger partial charge in [0.1, 0.15) is 22.2 Å². The van der Waals surface area contributed by atoms with Crippen molar-refractivity contribution in [3.63, 3.8) is 0 Å². The number of nitrogens with zero attached hydrogens (tertiary/aromatic N) is 3. The molecule has 5 rings (SSSR count). The van der Waals surface area contributed by atoms with Crippen molar-refractivity contribution in [3.8, 4) is 22.0 Å². The van der Waals surface area contributed by atoms with E-state index < -0.39 is 0 Å². The molecule has 152 valence electrons. The van der Waals surface area contributed by atoms with Crippen molar-refractivity contribution in [2.24, 2.45) is 0 Å². The van der Waals surface area contributed by atoms with Gasteiger partial charge in [0.25, 0.3) is 5.91 Å². The Morgan fingerprint density at radius 1 is 1.00 bits per heavy atom. The first kappa shape index (κ1) is 19.1. The number of hydrogen-bond donors (Lipinski definition) is 1. The Hall–Kier alpha value is -3.84. The highest BCUT2D eigenvalue weighted by atomic mass is 32.1. The molecule has 31 heavy (non-hydrogen) atoms. The van der Waals surface area contributed by atoms with Crippen LogP contribution in [0.1, 0.15) is 21.5 Å². The average molecular weight is 427 g/mol. The SMILES string of the molecule is Cc1ccc(-c2nc(-c3noc4ccc(C(=O)Nc5ccc(C)cn5)cc34)cs2)cc1. The van der Waals surface area contributed by atoms with Gasteiger partial charge >= 0.3 is 0 Å². The van der Waals surface area contributed by atoms with Gasteiger partial charge in [-0.3, -0.25) is 4.79 Å². The highest BCUT2D eigenvalue weighted by Crippen LogP contribution is 2.33. The first-order valence-electron chi connectivity index (χ1n) is 9.73. The lowest BCUT2D eigenvalue weighted by Crippen LogP contribution is -2.12. The van der Waals surface area contributed by atoms with Crippen LogP contribution in [0.3, 0.4) is 0 Å². The van der Waals surface area contributed by atoms with E-state index in [4.69, 9.17) is 9.51 Å². The molecule has 3 aromatic heterocycles. The van der Waals surface area contributed by atoms with Crippen LogP contribution in [0, 0.1) is 13.8 Å². The molecule has 0 aliphatic rings. The molecule has 7 heteroatoms. The number of hydrogen-bond acceptors (Lipinski definition) is 6. The zero-order valence-electron chi connectivity index (χ0n) is 16.9. The number of carbonyl (C=O) groups excluding carboxylic acids is 1. The molecule has 0 atom stereocenters. The van der Waals surface area contributed by atoms with E-state index in [1.165, 1.54) is 5.56 Å². The Bertz CT molecular complexity index is 1390. The average Bonchev–Trinajstić information content (AvgIpc) is 3.42. The van der Waals surface area contributed by atoms with E-state index >= 15 is 0 Å². The third-order valence-electron chi connectivity index (χ3n) is 4.93. The Morgan fingerprint density at radius 2 is 1.81 bits per heavy atom. The molecule has 1 N–H and O–H groups in total. The first-order chi connectivity index (χ1) is 15.1. The molecule has 3 heterocycles. The molecule has 0 saturated heterocycles. The van der Waals surface area contributed by atoms with E-state index in [0.717, 1.165) is 27.2 Å². The third kappa shape index (κ3) is 3.83. The molecular formula is C24H18N4O2S. The molecule has 0 aliphatic heterocycles. The van der Waals surface area contributed by atoms with Gasteiger partial charge in [0.05, 0.1) is 5.39 Å². The van der Waals surface area contributed by atoms with Crippen LogP contribution < -0.4 is 5.32 Å². The van der Waals surface area contributed by atoms with E-state index in [1.807, 2.05) is 18.4 Å². The van der Waals surface area contributed by atoms with Gasteiger partial charge in [0.2, 0.25) is 0 Å². The number of aryl methyl sites for hydroxylation is 2. The number of rotatable bonds is 4. The van der Waals surface area contributed by atoms with Gasteiger partial charge in [-0.2, -0.15) is 0 Å². The van der Waals surface area contributed by atoms with Crippen molar-refractivity contribution >= 4 is 34.0 Å². The fraction of sp³-hybridized carbons (Fsp3) is 0.0833. The highest BCUT2D eigenvalue weighted by molar-refractivity contribution is 7.13. The molecule has 5 aromatic rings. The molecular weight excluding hydrogens is 408 g/mol. The summed E-state index contributed by atoms with van der Waals surface area (Å²) in [4.78, 5) is 21.7. The minimum atomic E-state index is -0.246. The molecule has 0 bridgehead atoms. The maximum Gasteiger partial charge on any atom is 0.256 e. The van der Waals surface area contributed by atoms with Crippen LogP contribution in [0.5, 0.6) is 0 Å². The van der Waals surface area contributed by atoms with Crippen LogP contribution in [-0.4, -0.2) is 21.0 Å². The second-order valence-corrected chi connectivity index (χ2v) is 8.18. The second-order valence-electron chi connectivity index (χ2n) is 7.32. The number of amides is 1. The van der Waals surface area contributed by atoms with Gasteiger partial charge in [0.15, 0.2) is 5.58 Å². The highest BCUT2D eigenvalue weighted by Gasteiger charge is 2.17. The van der Waals surface area contributed by atoms with E-state index in [9.17, 15) is 4.79 Å². The molecule has 0 unspecified atom stereocenters. The van der Waals surface area contributed by atoms with E-state index in [2.05, 4.69) is 46.6 Å². The lowest BCUT2D eigenvalue weighted by molar-refractivity contribution is 0.102. The Kier molecular flexibility index (Phi) is 4.80. The van der Waals surface area contributed by atoms with Crippen LogP contribution in [-0.2, 0) is 0 Å². The number of thiazole rings is 1. The number of benzene rings is 2. The molecule has 0 fully saturated rings. The number of aromatic nitrogens is 3. The number of anilines is 1. The van der Waals surface area contributed by atoms with Crippen molar-refractivity contribution in [2.75, 3.05) is 5.32 Å². The van der Waals surface area contributed by atoms with Gasteiger partial charge < -0.3 is 9.84 Å². The number of fused-ring (bicyclic) bond motifs is 1. The summed E-state index contributed by atoms with van der Waals surface area (Å²) in [6, 6.07) is 17.1. The van der Waals surface area contributed by atoms with Crippen molar-refractivity contribution < 1.29 is 9.32 Å². The topological polar surface area (TPSA) is 80.9 Å². The number of nitrogens with one attached hydrogen (secondary N) is 1. The molecule has 6 nitrogen and oxygen atoms in total. The van der Waals surface area contributed by atoms with Crippen molar-refractivity contribution in [3.05, 3.63) is 82.9 Å². The fourth-order valence-corrected chi connectivity index (χ4v) is 4.02. The summed E-state index contributed by atoms with van der Waals surface area (Å²) in [5.41, 5.74) is 5.72. The fourth-order valence-electron chi connectivity index (χ4n) is 3.21. The Labute approximate surface area is 182 Å². The maximum atomic E-state index is 12.7. The predicted molar refractivity (Wildman–Crippen MR) is 122 cm³/mol. The molecule has 2 aromatic carbocycles. The normalized spacial score (nSPS) is 11.0. The molecule has 0 aliphatic carbocycles. The largest absolute Gasteiger partial charge is 0.356 e. The van der Waals surface area contributed by atoms with Gasteiger partial charge in [-0.25, -0.2) is 9.97 Å². The van der Waals surface area contributed by atoms with Gasteiger partial charge in [0, 0.05) is 22.7 Å². The third-order valence-corrected chi connectivity index (χ3v) is 5.82. The number of pyridine rings is 1. The van der Waals surface area contributed by atoms with Gasteiger partial charge in [-0.15, -0.1) is 11.3 Å². The van der Waals surface area contributed by atoms with Gasteiger partial charge in [-0.1, -0.05) is 41.1 Å². The Balaban J connectivity index is 1.46. The quantitative estimate of drug-likeness (QED) is 0.388. The van der Waals surface area contributed by atoms with E-state index in [1.54, 1.807) is 41.8 Å². The monoisotopic (exact) mass is 426 g/mol. The van der Waals surface area contributed by atoms with Crippen molar-refractivity contribution in [2.45, 2.75) is 13.8 Å². The van der Waals surface area contributed by atoms with Gasteiger partial charge in [-0.05, 0) is 43.7 Å². The van der Waals surface area contributed by atoms with E-state index in [0.29, 0.717) is 22.7 Å². The van der Waals surface area contributed by atoms with E-state index in [-0.39, 0.29) is 5.91 Å². The predicted octanol–water partition coefficient (Wildman–Crippen LogP) is 5.88. The molecule has 0 radical (unpaired) electrons.